The van der Waals surface area contributed by atoms with Gasteiger partial charge in [-0.05, 0) is 6.07 Å². The molecule has 0 atom stereocenters. The van der Waals surface area contributed by atoms with Gasteiger partial charge in [0.1, 0.15) is 0 Å². The number of methoxy groups -OCH3 is 1. The molecule has 5 nitrogen and oxygen atoms in total. The van der Waals surface area contributed by atoms with E-state index >= 15 is 0 Å². The zero-order valence-corrected chi connectivity index (χ0v) is 8.16. The van der Waals surface area contributed by atoms with E-state index in [4.69, 9.17) is 15.6 Å². The fourth-order valence-electron chi connectivity index (χ4n) is 1.19. The number of nitrogen functional groups attached to an aromatic ring is 1. The molecule has 0 radical (unpaired) electrons. The SMILES string of the molecule is COc1c(N)cc(CCF)nc1C(=O)O. The molecule has 3 N–H and O–H groups in total. The van der Waals surface area contributed by atoms with Crippen LogP contribution in [0, 0.1) is 0 Å². The van der Waals surface area contributed by atoms with Gasteiger partial charge in [-0.3, -0.25) is 4.39 Å². The second kappa shape index (κ2) is 4.59. The summed E-state index contributed by atoms with van der Waals surface area (Å²) >= 11 is 0. The van der Waals surface area contributed by atoms with Gasteiger partial charge in [-0.2, -0.15) is 0 Å². The first-order valence-electron chi connectivity index (χ1n) is 4.22. The highest BCUT2D eigenvalue weighted by Gasteiger charge is 2.17. The quantitative estimate of drug-likeness (QED) is 0.777. The van der Waals surface area contributed by atoms with Crippen molar-refractivity contribution >= 4 is 11.7 Å². The standard InChI is InChI=1S/C9H11FN2O3/c1-15-8-6(11)4-5(2-3-10)12-7(8)9(13)14/h4H,2-3H2,1H3,(H2,11,12)(H,13,14). The number of ether oxygens (including phenoxy) is 1. The highest BCUT2D eigenvalue weighted by atomic mass is 19.1. The average Bonchev–Trinajstić information content (AvgIpc) is 2.17. The monoisotopic (exact) mass is 214 g/mol. The first-order valence-corrected chi connectivity index (χ1v) is 4.22. The van der Waals surface area contributed by atoms with Gasteiger partial charge in [-0.15, -0.1) is 0 Å². The molecule has 0 fully saturated rings. The van der Waals surface area contributed by atoms with Crippen molar-refractivity contribution in [2.45, 2.75) is 6.42 Å². The van der Waals surface area contributed by atoms with Crippen LogP contribution in [-0.4, -0.2) is 29.8 Å². The Labute approximate surface area is 85.7 Å². The number of hydrogen-bond acceptors (Lipinski definition) is 4. The predicted molar refractivity (Wildman–Crippen MR) is 51.8 cm³/mol. The minimum absolute atomic E-state index is 0.00473. The first-order chi connectivity index (χ1) is 7.10. The summed E-state index contributed by atoms with van der Waals surface area (Å²) in [7, 11) is 1.30. The molecule has 6 heteroatoms. The number of nitrogens with zero attached hydrogens (tertiary/aromatic N) is 1. The number of anilines is 1. The summed E-state index contributed by atoms with van der Waals surface area (Å²) < 4.78 is 16.9. The molecule has 1 aromatic heterocycles. The van der Waals surface area contributed by atoms with Gasteiger partial charge in [0.15, 0.2) is 11.4 Å². The van der Waals surface area contributed by atoms with Crippen molar-refractivity contribution in [3.63, 3.8) is 0 Å². The highest BCUT2D eigenvalue weighted by Crippen LogP contribution is 2.25. The van der Waals surface area contributed by atoms with Gasteiger partial charge in [0.25, 0.3) is 0 Å². The number of rotatable bonds is 4. The molecule has 1 aromatic rings. The zero-order valence-electron chi connectivity index (χ0n) is 8.16. The molecule has 1 heterocycles. The van der Waals surface area contributed by atoms with Crippen molar-refractivity contribution < 1.29 is 19.0 Å². The van der Waals surface area contributed by atoms with Crippen molar-refractivity contribution in [2.75, 3.05) is 19.5 Å². The Bertz CT molecular complexity index is 382. The number of aromatic nitrogens is 1. The molecular weight excluding hydrogens is 203 g/mol. The molecule has 0 unspecified atom stereocenters. The molecule has 15 heavy (non-hydrogen) atoms. The van der Waals surface area contributed by atoms with E-state index < -0.39 is 12.6 Å². The van der Waals surface area contributed by atoms with Gasteiger partial charge >= 0.3 is 5.97 Å². The summed E-state index contributed by atoms with van der Waals surface area (Å²) in [6, 6.07) is 1.41. The molecule has 0 aromatic carbocycles. The molecular formula is C9H11FN2O3. The van der Waals surface area contributed by atoms with Crippen LogP contribution >= 0.6 is 0 Å². The van der Waals surface area contributed by atoms with Crippen LogP contribution in [0.2, 0.25) is 0 Å². The van der Waals surface area contributed by atoms with Gasteiger partial charge < -0.3 is 15.6 Å². The molecule has 0 saturated heterocycles. The molecule has 82 valence electrons. The van der Waals surface area contributed by atoms with E-state index in [0.29, 0.717) is 5.69 Å². The molecule has 1 rings (SSSR count). The van der Waals surface area contributed by atoms with Crippen molar-refractivity contribution in [3.05, 3.63) is 17.5 Å². The normalized spacial score (nSPS) is 10.0. The van der Waals surface area contributed by atoms with E-state index in [1.165, 1.54) is 13.2 Å². The van der Waals surface area contributed by atoms with Gasteiger partial charge in [-0.25, -0.2) is 9.78 Å². The van der Waals surface area contributed by atoms with E-state index in [-0.39, 0.29) is 23.6 Å². The van der Waals surface area contributed by atoms with E-state index in [0.717, 1.165) is 0 Å². The van der Waals surface area contributed by atoms with Crippen LogP contribution in [0.4, 0.5) is 10.1 Å². The number of carboxylic acids is 1. The van der Waals surface area contributed by atoms with E-state index in [9.17, 15) is 9.18 Å². The molecule has 0 spiro atoms. The summed E-state index contributed by atoms with van der Waals surface area (Å²) in [5.41, 5.74) is 5.71. The van der Waals surface area contributed by atoms with Crippen LogP contribution in [-0.2, 0) is 6.42 Å². The van der Waals surface area contributed by atoms with Crippen LogP contribution in [0.3, 0.4) is 0 Å². The summed E-state index contributed by atoms with van der Waals surface area (Å²) in [4.78, 5) is 14.5. The van der Waals surface area contributed by atoms with Gasteiger partial charge in [0.2, 0.25) is 0 Å². The lowest BCUT2D eigenvalue weighted by Gasteiger charge is -2.09. The lowest BCUT2D eigenvalue weighted by molar-refractivity contribution is 0.0686. The Kier molecular flexibility index (Phi) is 3.43. The minimum atomic E-state index is -1.25. The van der Waals surface area contributed by atoms with Crippen LogP contribution in [0.5, 0.6) is 5.75 Å². The summed E-state index contributed by atoms with van der Waals surface area (Å²) in [5, 5.41) is 8.82. The summed E-state index contributed by atoms with van der Waals surface area (Å²) in [6.07, 6.45) is 0.0362. The maximum Gasteiger partial charge on any atom is 0.358 e. The number of halogens is 1. The Morgan fingerprint density at radius 1 is 1.73 bits per heavy atom. The lowest BCUT2D eigenvalue weighted by Crippen LogP contribution is -2.09. The highest BCUT2D eigenvalue weighted by molar-refractivity contribution is 5.90. The summed E-state index contributed by atoms with van der Waals surface area (Å²) in [5.74, 6) is -1.25. The number of carbonyl (C=O) groups is 1. The van der Waals surface area contributed by atoms with Crippen LogP contribution < -0.4 is 10.5 Å². The molecule has 0 bridgehead atoms. The van der Waals surface area contributed by atoms with Crippen molar-refractivity contribution in [1.29, 1.82) is 0 Å². The third-order valence-electron chi connectivity index (χ3n) is 1.81. The van der Waals surface area contributed by atoms with E-state index in [1.807, 2.05) is 0 Å². The molecule has 0 amide bonds. The van der Waals surface area contributed by atoms with Crippen LogP contribution in [0.15, 0.2) is 6.07 Å². The number of aromatic carboxylic acids is 1. The molecule has 0 aliphatic carbocycles. The summed E-state index contributed by atoms with van der Waals surface area (Å²) in [6.45, 7) is -0.613. The van der Waals surface area contributed by atoms with Crippen LogP contribution in [0.25, 0.3) is 0 Å². The second-order valence-electron chi connectivity index (χ2n) is 2.83. The maximum atomic E-state index is 12.1. The Balaban J connectivity index is 3.25. The number of hydrogen-bond donors (Lipinski definition) is 2. The number of pyridine rings is 1. The van der Waals surface area contributed by atoms with Gasteiger partial charge in [-0.1, -0.05) is 0 Å². The Hall–Kier alpha value is -1.85. The number of nitrogens with two attached hydrogens (primary N) is 1. The first kappa shape index (κ1) is 11.2. The third-order valence-corrected chi connectivity index (χ3v) is 1.81. The largest absolute Gasteiger partial charge is 0.492 e. The fraction of sp³-hybridized carbons (Fsp3) is 0.333. The zero-order chi connectivity index (χ0) is 11.4. The van der Waals surface area contributed by atoms with E-state index in [1.54, 1.807) is 0 Å². The number of alkyl halides is 1. The van der Waals surface area contributed by atoms with Crippen LogP contribution in [0.1, 0.15) is 16.2 Å². The average molecular weight is 214 g/mol. The van der Waals surface area contributed by atoms with Crippen molar-refractivity contribution in [2.24, 2.45) is 0 Å². The van der Waals surface area contributed by atoms with Gasteiger partial charge in [0.05, 0.1) is 19.5 Å². The maximum absolute atomic E-state index is 12.1. The second-order valence-corrected chi connectivity index (χ2v) is 2.83. The fourth-order valence-corrected chi connectivity index (χ4v) is 1.19. The smallest absolute Gasteiger partial charge is 0.358 e. The van der Waals surface area contributed by atoms with Crippen molar-refractivity contribution in [1.82, 2.24) is 4.98 Å². The predicted octanol–water partition coefficient (Wildman–Crippen LogP) is 0.883. The molecule has 0 aliphatic rings. The number of aryl methyl sites for hydroxylation is 1. The van der Waals surface area contributed by atoms with E-state index in [2.05, 4.69) is 4.98 Å². The minimum Gasteiger partial charge on any atom is -0.492 e. The Morgan fingerprint density at radius 2 is 2.40 bits per heavy atom. The Morgan fingerprint density at radius 3 is 2.87 bits per heavy atom. The van der Waals surface area contributed by atoms with Gasteiger partial charge in [0, 0.05) is 12.1 Å². The lowest BCUT2D eigenvalue weighted by atomic mass is 10.2. The topological polar surface area (TPSA) is 85.4 Å². The molecule has 0 saturated carbocycles. The number of carboxylic acid groups (broad SMARTS) is 1. The molecule has 0 aliphatic heterocycles. The third kappa shape index (κ3) is 2.34. The van der Waals surface area contributed by atoms with Crippen molar-refractivity contribution in [3.8, 4) is 5.75 Å².